The van der Waals surface area contributed by atoms with Crippen molar-refractivity contribution in [3.05, 3.63) is 0 Å². The minimum absolute atomic E-state index is 0.226. The van der Waals surface area contributed by atoms with E-state index in [1.54, 1.807) is 0 Å². The first kappa shape index (κ1) is 12.0. The second-order valence-corrected chi connectivity index (χ2v) is 6.01. The molecular formula is C12H25NO. The van der Waals surface area contributed by atoms with E-state index in [1.807, 2.05) is 0 Å². The zero-order valence-electron chi connectivity index (χ0n) is 10.3. The SMILES string of the molecule is CC1CC(C)(C)N(CCO)C(C)(C)C1. The van der Waals surface area contributed by atoms with Gasteiger partial charge in [-0.25, -0.2) is 0 Å². The van der Waals surface area contributed by atoms with E-state index in [9.17, 15) is 0 Å². The molecule has 1 heterocycles. The predicted molar refractivity (Wildman–Crippen MR) is 60.3 cm³/mol. The Morgan fingerprint density at radius 2 is 1.57 bits per heavy atom. The van der Waals surface area contributed by atoms with Crippen molar-refractivity contribution in [1.82, 2.24) is 4.90 Å². The van der Waals surface area contributed by atoms with Crippen molar-refractivity contribution in [2.75, 3.05) is 13.2 Å². The lowest BCUT2D eigenvalue weighted by molar-refractivity contribution is -0.0555. The van der Waals surface area contributed by atoms with E-state index in [4.69, 9.17) is 5.11 Å². The molecule has 0 aromatic carbocycles. The summed E-state index contributed by atoms with van der Waals surface area (Å²) >= 11 is 0. The molecule has 1 saturated heterocycles. The van der Waals surface area contributed by atoms with Gasteiger partial charge in [0.05, 0.1) is 6.61 Å². The van der Waals surface area contributed by atoms with Crippen molar-refractivity contribution >= 4 is 0 Å². The molecule has 84 valence electrons. The number of aliphatic hydroxyl groups is 1. The van der Waals surface area contributed by atoms with Crippen LogP contribution in [-0.2, 0) is 0 Å². The molecule has 0 bridgehead atoms. The van der Waals surface area contributed by atoms with Crippen molar-refractivity contribution in [1.29, 1.82) is 0 Å². The molecular weight excluding hydrogens is 174 g/mol. The number of β-amino-alcohol motifs (C(OH)–C–C–N with tert-alkyl or cyclic N) is 1. The molecule has 0 radical (unpaired) electrons. The summed E-state index contributed by atoms with van der Waals surface area (Å²) in [5.74, 6) is 0.787. The lowest BCUT2D eigenvalue weighted by Crippen LogP contribution is -2.60. The number of hydrogen-bond donors (Lipinski definition) is 1. The molecule has 2 heteroatoms. The van der Waals surface area contributed by atoms with Gasteiger partial charge in [-0.1, -0.05) is 6.92 Å². The summed E-state index contributed by atoms with van der Waals surface area (Å²) in [6.07, 6.45) is 2.47. The average Bonchev–Trinajstić information content (AvgIpc) is 1.94. The van der Waals surface area contributed by atoms with Crippen molar-refractivity contribution in [3.8, 4) is 0 Å². The smallest absolute Gasteiger partial charge is 0.0558 e. The van der Waals surface area contributed by atoms with Gasteiger partial charge < -0.3 is 5.11 Å². The third kappa shape index (κ3) is 2.29. The molecule has 0 spiro atoms. The third-order valence-electron chi connectivity index (χ3n) is 3.48. The Bertz CT molecular complexity index is 180. The van der Waals surface area contributed by atoms with Gasteiger partial charge in [0.1, 0.15) is 0 Å². The molecule has 1 fully saturated rings. The van der Waals surface area contributed by atoms with Crippen LogP contribution < -0.4 is 0 Å². The fourth-order valence-electron chi connectivity index (χ4n) is 3.52. The summed E-state index contributed by atoms with van der Waals surface area (Å²) in [6, 6.07) is 0. The van der Waals surface area contributed by atoms with Crippen LogP contribution in [0.3, 0.4) is 0 Å². The number of likely N-dealkylation sites (tertiary alicyclic amines) is 1. The largest absolute Gasteiger partial charge is 0.395 e. The molecule has 1 aliphatic rings. The van der Waals surface area contributed by atoms with Gasteiger partial charge in [-0.3, -0.25) is 4.90 Å². The minimum atomic E-state index is 0.226. The number of piperidine rings is 1. The Morgan fingerprint density at radius 3 is 1.93 bits per heavy atom. The van der Waals surface area contributed by atoms with Crippen LogP contribution in [0.15, 0.2) is 0 Å². The lowest BCUT2D eigenvalue weighted by atomic mass is 9.74. The quantitative estimate of drug-likeness (QED) is 0.737. The first-order valence-electron chi connectivity index (χ1n) is 5.68. The standard InChI is InChI=1S/C12H25NO/c1-10-8-11(2,3)13(6-7-14)12(4,5)9-10/h10,14H,6-9H2,1-5H3. The second kappa shape index (κ2) is 3.82. The van der Waals surface area contributed by atoms with Crippen LogP contribution in [-0.4, -0.2) is 34.2 Å². The molecule has 1 aliphatic heterocycles. The Labute approximate surface area is 88.3 Å². The minimum Gasteiger partial charge on any atom is -0.395 e. The van der Waals surface area contributed by atoms with Gasteiger partial charge in [-0.2, -0.15) is 0 Å². The van der Waals surface area contributed by atoms with Crippen LogP contribution >= 0.6 is 0 Å². The Kier molecular flexibility index (Phi) is 3.27. The first-order valence-corrected chi connectivity index (χ1v) is 5.68. The highest BCUT2D eigenvalue weighted by molar-refractivity contribution is 4.98. The summed E-state index contributed by atoms with van der Waals surface area (Å²) in [5, 5.41) is 9.11. The molecule has 0 saturated carbocycles. The molecule has 0 aromatic rings. The van der Waals surface area contributed by atoms with E-state index in [2.05, 4.69) is 39.5 Å². The number of hydrogen-bond acceptors (Lipinski definition) is 2. The molecule has 0 aromatic heterocycles. The monoisotopic (exact) mass is 199 g/mol. The van der Waals surface area contributed by atoms with Crippen LogP contribution in [0.5, 0.6) is 0 Å². The van der Waals surface area contributed by atoms with Gasteiger partial charge in [0, 0.05) is 17.6 Å². The van der Waals surface area contributed by atoms with Crippen molar-refractivity contribution in [3.63, 3.8) is 0 Å². The summed E-state index contributed by atoms with van der Waals surface area (Å²) in [5.41, 5.74) is 0.452. The maximum absolute atomic E-state index is 9.11. The predicted octanol–water partition coefficient (Wildman–Crippen LogP) is 2.27. The highest BCUT2D eigenvalue weighted by Gasteiger charge is 2.43. The van der Waals surface area contributed by atoms with Crippen LogP contribution in [0.2, 0.25) is 0 Å². The van der Waals surface area contributed by atoms with E-state index in [-0.39, 0.29) is 17.7 Å². The third-order valence-corrected chi connectivity index (χ3v) is 3.48. The van der Waals surface area contributed by atoms with Crippen molar-refractivity contribution in [2.24, 2.45) is 5.92 Å². The Hall–Kier alpha value is -0.0800. The van der Waals surface area contributed by atoms with E-state index < -0.39 is 0 Å². The fraction of sp³-hybridized carbons (Fsp3) is 1.00. The lowest BCUT2D eigenvalue weighted by Gasteiger charge is -2.55. The molecule has 2 nitrogen and oxygen atoms in total. The summed E-state index contributed by atoms with van der Waals surface area (Å²) in [4.78, 5) is 2.46. The van der Waals surface area contributed by atoms with E-state index in [1.165, 1.54) is 12.8 Å². The van der Waals surface area contributed by atoms with Gasteiger partial charge in [0.25, 0.3) is 0 Å². The van der Waals surface area contributed by atoms with Gasteiger partial charge >= 0.3 is 0 Å². The van der Waals surface area contributed by atoms with E-state index >= 15 is 0 Å². The van der Waals surface area contributed by atoms with Crippen LogP contribution in [0.25, 0.3) is 0 Å². The fourth-order valence-corrected chi connectivity index (χ4v) is 3.52. The molecule has 14 heavy (non-hydrogen) atoms. The molecule has 0 aliphatic carbocycles. The topological polar surface area (TPSA) is 23.5 Å². The van der Waals surface area contributed by atoms with Crippen LogP contribution in [0.1, 0.15) is 47.5 Å². The number of aliphatic hydroxyl groups excluding tert-OH is 1. The zero-order chi connectivity index (χ0) is 11.0. The summed E-state index contributed by atoms with van der Waals surface area (Å²) in [7, 11) is 0. The molecule has 0 atom stereocenters. The highest BCUT2D eigenvalue weighted by atomic mass is 16.3. The van der Waals surface area contributed by atoms with Gasteiger partial charge in [0.15, 0.2) is 0 Å². The number of nitrogens with zero attached hydrogens (tertiary/aromatic N) is 1. The van der Waals surface area contributed by atoms with Crippen molar-refractivity contribution < 1.29 is 5.11 Å². The Balaban J connectivity index is 2.85. The summed E-state index contributed by atoms with van der Waals surface area (Å²) < 4.78 is 0. The normalized spacial score (nSPS) is 27.9. The molecule has 0 amide bonds. The van der Waals surface area contributed by atoms with Gasteiger partial charge in [-0.05, 0) is 46.5 Å². The maximum Gasteiger partial charge on any atom is 0.0558 e. The van der Waals surface area contributed by atoms with Crippen LogP contribution in [0.4, 0.5) is 0 Å². The summed E-state index contributed by atoms with van der Waals surface area (Å²) in [6.45, 7) is 12.6. The van der Waals surface area contributed by atoms with E-state index in [0.717, 1.165) is 12.5 Å². The van der Waals surface area contributed by atoms with Gasteiger partial charge in [-0.15, -0.1) is 0 Å². The molecule has 1 N–H and O–H groups in total. The Morgan fingerprint density at radius 1 is 1.14 bits per heavy atom. The second-order valence-electron chi connectivity index (χ2n) is 6.01. The maximum atomic E-state index is 9.11. The zero-order valence-corrected chi connectivity index (χ0v) is 10.3. The number of rotatable bonds is 2. The first-order chi connectivity index (χ1) is 6.29. The van der Waals surface area contributed by atoms with Crippen LogP contribution in [0, 0.1) is 5.92 Å². The van der Waals surface area contributed by atoms with Gasteiger partial charge in [0.2, 0.25) is 0 Å². The average molecular weight is 199 g/mol. The van der Waals surface area contributed by atoms with E-state index in [0.29, 0.717) is 0 Å². The highest BCUT2D eigenvalue weighted by Crippen LogP contribution is 2.40. The van der Waals surface area contributed by atoms with Crippen molar-refractivity contribution in [2.45, 2.75) is 58.5 Å². The molecule has 1 rings (SSSR count). The molecule has 0 unspecified atom stereocenters.